The highest BCUT2D eigenvalue weighted by Gasteiger charge is 2.32. The summed E-state index contributed by atoms with van der Waals surface area (Å²) < 4.78 is 7.62. The molecule has 2 aliphatic rings. The molecule has 1 atom stereocenters. The Bertz CT molecular complexity index is 870. The van der Waals surface area contributed by atoms with E-state index in [1.165, 1.54) is 0 Å². The Morgan fingerprint density at radius 1 is 1.10 bits per heavy atom. The molecule has 0 aliphatic carbocycles. The fourth-order valence-corrected chi connectivity index (χ4v) is 4.41. The van der Waals surface area contributed by atoms with Crippen molar-refractivity contribution in [3.05, 3.63) is 54.1 Å². The van der Waals surface area contributed by atoms with Gasteiger partial charge in [0.1, 0.15) is 5.82 Å². The third-order valence-corrected chi connectivity index (χ3v) is 6.26. The predicted octanol–water partition coefficient (Wildman–Crippen LogP) is 2.54. The number of carbonyl (C=O) groups is 2. The van der Waals surface area contributed by atoms with Gasteiger partial charge in [0, 0.05) is 63.9 Å². The Kier molecular flexibility index (Phi) is 6.86. The minimum absolute atomic E-state index is 0.0192. The summed E-state index contributed by atoms with van der Waals surface area (Å²) in [4.78, 5) is 34.0. The molecule has 0 spiro atoms. The summed E-state index contributed by atoms with van der Waals surface area (Å²) in [5.41, 5.74) is 0.686. The van der Waals surface area contributed by atoms with E-state index in [4.69, 9.17) is 4.74 Å². The molecule has 166 valence electrons. The number of aromatic nitrogens is 2. The molecule has 2 saturated heterocycles. The van der Waals surface area contributed by atoms with Crippen LogP contribution in [0.4, 0.5) is 4.79 Å². The fraction of sp³-hybridized carbons (Fsp3) is 0.522. The zero-order valence-electron chi connectivity index (χ0n) is 18.1. The van der Waals surface area contributed by atoms with E-state index in [0.717, 1.165) is 25.2 Å². The van der Waals surface area contributed by atoms with E-state index >= 15 is 0 Å². The lowest BCUT2D eigenvalue weighted by Gasteiger charge is -2.37. The number of aryl methyl sites for hydroxylation is 1. The van der Waals surface area contributed by atoms with E-state index < -0.39 is 0 Å². The average molecular weight is 426 g/mol. The number of piperazine rings is 1. The lowest BCUT2D eigenvalue weighted by molar-refractivity contribution is 0.0510. The summed E-state index contributed by atoms with van der Waals surface area (Å²) in [5, 5.41) is 3.25. The summed E-state index contributed by atoms with van der Waals surface area (Å²) in [6, 6.07) is 9.06. The topological polar surface area (TPSA) is 79.7 Å². The summed E-state index contributed by atoms with van der Waals surface area (Å²) in [6.07, 6.45) is 5.56. The van der Waals surface area contributed by atoms with Crippen molar-refractivity contribution in [3.8, 4) is 0 Å². The first-order chi connectivity index (χ1) is 15.2. The monoisotopic (exact) mass is 425 g/mol. The number of ether oxygens (including phenoxy) is 1. The zero-order chi connectivity index (χ0) is 21.6. The normalized spacial score (nSPS) is 18.6. The van der Waals surface area contributed by atoms with Gasteiger partial charge in [0.25, 0.3) is 5.91 Å². The first-order valence-electron chi connectivity index (χ1n) is 11.2. The number of nitrogens with zero attached hydrogens (tertiary/aromatic N) is 4. The molecule has 1 aromatic carbocycles. The van der Waals surface area contributed by atoms with E-state index in [0.29, 0.717) is 50.9 Å². The van der Waals surface area contributed by atoms with Gasteiger partial charge in [0.2, 0.25) is 0 Å². The first-order valence-corrected chi connectivity index (χ1v) is 11.2. The SMILES string of the molecule is CCn1ccnc1[C@@H](NC(=O)N1CCN(C(=O)c2ccccc2)CC1)C1CCOCC1. The van der Waals surface area contributed by atoms with Crippen LogP contribution < -0.4 is 5.32 Å². The van der Waals surface area contributed by atoms with Crippen molar-refractivity contribution in [2.75, 3.05) is 39.4 Å². The third kappa shape index (κ3) is 4.90. The largest absolute Gasteiger partial charge is 0.381 e. The summed E-state index contributed by atoms with van der Waals surface area (Å²) in [6.45, 7) is 6.43. The number of nitrogens with one attached hydrogen (secondary N) is 1. The van der Waals surface area contributed by atoms with Gasteiger partial charge in [-0.1, -0.05) is 18.2 Å². The van der Waals surface area contributed by atoms with Crippen molar-refractivity contribution >= 4 is 11.9 Å². The number of hydrogen-bond acceptors (Lipinski definition) is 4. The van der Waals surface area contributed by atoms with Gasteiger partial charge in [-0.25, -0.2) is 9.78 Å². The molecule has 8 heteroatoms. The molecule has 2 aromatic rings. The van der Waals surface area contributed by atoms with Crippen molar-refractivity contribution in [2.24, 2.45) is 5.92 Å². The maximum Gasteiger partial charge on any atom is 0.318 e. The standard InChI is InChI=1S/C23H31N5O3/c1-2-26-11-10-24-21(26)20(18-8-16-31-17-9-18)25-23(30)28-14-12-27(13-15-28)22(29)19-6-4-3-5-7-19/h3-7,10-11,18,20H,2,8-9,12-17H2,1H3,(H,25,30)/t20-/m0/s1. The Balaban J connectivity index is 1.39. The van der Waals surface area contributed by atoms with Gasteiger partial charge in [-0.3, -0.25) is 4.79 Å². The molecule has 0 unspecified atom stereocenters. The highest BCUT2D eigenvalue weighted by atomic mass is 16.5. The molecule has 0 radical (unpaired) electrons. The molecule has 31 heavy (non-hydrogen) atoms. The Morgan fingerprint density at radius 2 is 1.77 bits per heavy atom. The minimum atomic E-state index is -0.143. The average Bonchev–Trinajstić information content (AvgIpc) is 3.31. The van der Waals surface area contributed by atoms with Gasteiger partial charge < -0.3 is 24.4 Å². The first kappa shape index (κ1) is 21.4. The van der Waals surface area contributed by atoms with Crippen LogP contribution in [-0.2, 0) is 11.3 Å². The number of imidazole rings is 1. The van der Waals surface area contributed by atoms with Crippen LogP contribution >= 0.6 is 0 Å². The lowest BCUT2D eigenvalue weighted by atomic mass is 9.91. The summed E-state index contributed by atoms with van der Waals surface area (Å²) in [5.74, 6) is 1.22. The predicted molar refractivity (Wildman–Crippen MR) is 117 cm³/mol. The number of amides is 3. The van der Waals surface area contributed by atoms with Gasteiger partial charge >= 0.3 is 6.03 Å². The van der Waals surface area contributed by atoms with Crippen LogP contribution in [-0.4, -0.2) is 70.7 Å². The van der Waals surface area contributed by atoms with Crippen LogP contribution in [0.15, 0.2) is 42.7 Å². The fourth-order valence-electron chi connectivity index (χ4n) is 4.41. The molecular weight excluding hydrogens is 394 g/mol. The number of urea groups is 1. The number of hydrogen-bond donors (Lipinski definition) is 1. The van der Waals surface area contributed by atoms with Crippen LogP contribution in [0.2, 0.25) is 0 Å². The van der Waals surface area contributed by atoms with Crippen molar-refractivity contribution in [3.63, 3.8) is 0 Å². The van der Waals surface area contributed by atoms with E-state index in [1.807, 2.05) is 41.4 Å². The molecule has 4 rings (SSSR count). The van der Waals surface area contributed by atoms with Gasteiger partial charge in [0.15, 0.2) is 0 Å². The van der Waals surface area contributed by atoms with Crippen molar-refractivity contribution < 1.29 is 14.3 Å². The van der Waals surface area contributed by atoms with Crippen molar-refractivity contribution in [2.45, 2.75) is 32.4 Å². The molecular formula is C23H31N5O3. The molecule has 2 fully saturated rings. The van der Waals surface area contributed by atoms with Gasteiger partial charge in [0.05, 0.1) is 6.04 Å². The molecule has 8 nitrogen and oxygen atoms in total. The maximum atomic E-state index is 13.1. The third-order valence-electron chi connectivity index (χ3n) is 6.26. The Hall–Kier alpha value is -2.87. The van der Waals surface area contributed by atoms with Crippen LogP contribution in [0.25, 0.3) is 0 Å². The quantitative estimate of drug-likeness (QED) is 0.798. The van der Waals surface area contributed by atoms with Crippen molar-refractivity contribution in [1.29, 1.82) is 0 Å². The van der Waals surface area contributed by atoms with Gasteiger partial charge in [-0.15, -0.1) is 0 Å². The van der Waals surface area contributed by atoms with E-state index in [2.05, 4.69) is 21.8 Å². The maximum absolute atomic E-state index is 13.1. The van der Waals surface area contributed by atoms with E-state index in [-0.39, 0.29) is 18.0 Å². The Morgan fingerprint density at radius 3 is 2.45 bits per heavy atom. The molecule has 1 N–H and O–H groups in total. The highest BCUT2D eigenvalue weighted by Crippen LogP contribution is 2.29. The van der Waals surface area contributed by atoms with Crippen LogP contribution in [0.1, 0.15) is 42.0 Å². The summed E-state index contributed by atoms with van der Waals surface area (Å²) in [7, 11) is 0. The summed E-state index contributed by atoms with van der Waals surface area (Å²) >= 11 is 0. The second-order valence-electron chi connectivity index (χ2n) is 8.09. The van der Waals surface area contributed by atoms with Gasteiger partial charge in [-0.05, 0) is 37.8 Å². The van der Waals surface area contributed by atoms with Crippen LogP contribution in [0.3, 0.4) is 0 Å². The second-order valence-corrected chi connectivity index (χ2v) is 8.09. The zero-order valence-corrected chi connectivity index (χ0v) is 18.1. The van der Waals surface area contributed by atoms with E-state index in [9.17, 15) is 9.59 Å². The smallest absolute Gasteiger partial charge is 0.318 e. The highest BCUT2D eigenvalue weighted by molar-refractivity contribution is 5.94. The molecule has 1 aromatic heterocycles. The number of benzene rings is 1. The second kappa shape index (κ2) is 9.96. The molecule has 2 aliphatic heterocycles. The molecule has 3 amide bonds. The van der Waals surface area contributed by atoms with Gasteiger partial charge in [-0.2, -0.15) is 0 Å². The Labute approximate surface area is 183 Å². The van der Waals surface area contributed by atoms with Crippen LogP contribution in [0.5, 0.6) is 0 Å². The number of carbonyl (C=O) groups excluding carboxylic acids is 2. The van der Waals surface area contributed by atoms with Crippen LogP contribution in [0, 0.1) is 5.92 Å². The molecule has 3 heterocycles. The number of rotatable bonds is 5. The minimum Gasteiger partial charge on any atom is -0.381 e. The van der Waals surface area contributed by atoms with E-state index in [1.54, 1.807) is 11.1 Å². The van der Waals surface area contributed by atoms with Crippen molar-refractivity contribution in [1.82, 2.24) is 24.7 Å². The molecule has 0 bridgehead atoms. The lowest BCUT2D eigenvalue weighted by Crippen LogP contribution is -2.54. The molecule has 0 saturated carbocycles.